The Hall–Kier alpha value is -1.63. The van der Waals surface area contributed by atoms with Gasteiger partial charge in [0.1, 0.15) is 5.01 Å². The second-order valence-electron chi connectivity index (χ2n) is 5.44. The predicted molar refractivity (Wildman–Crippen MR) is 106 cm³/mol. The number of aromatic nitrogens is 1. The standard InChI is InChI=1S/C18H18N2OS3/c1-12-4-3-5-16(13(12)2)20-17(21)11-23-9-15-10-24-18(19-15)14-6-7-22-8-14/h3-8,10H,9,11H2,1-2H3,(H,20,21). The molecule has 24 heavy (non-hydrogen) atoms. The summed E-state index contributed by atoms with van der Waals surface area (Å²) in [7, 11) is 0. The maximum atomic E-state index is 12.1. The summed E-state index contributed by atoms with van der Waals surface area (Å²) >= 11 is 4.92. The predicted octanol–water partition coefficient (Wildman–Crippen LogP) is 5.36. The van der Waals surface area contributed by atoms with E-state index in [2.05, 4.69) is 32.5 Å². The molecule has 124 valence electrons. The molecule has 0 radical (unpaired) electrons. The van der Waals surface area contributed by atoms with E-state index >= 15 is 0 Å². The zero-order valence-corrected chi connectivity index (χ0v) is 16.0. The molecule has 0 unspecified atom stereocenters. The van der Waals surface area contributed by atoms with Gasteiger partial charge in [-0.05, 0) is 42.5 Å². The van der Waals surface area contributed by atoms with Gasteiger partial charge in [0.25, 0.3) is 0 Å². The Kier molecular flexibility index (Phi) is 5.71. The summed E-state index contributed by atoms with van der Waals surface area (Å²) in [5.41, 5.74) is 5.41. The van der Waals surface area contributed by atoms with Crippen LogP contribution in [0.1, 0.15) is 16.8 Å². The molecule has 2 aromatic heterocycles. The number of benzene rings is 1. The van der Waals surface area contributed by atoms with Crippen LogP contribution in [0.4, 0.5) is 5.69 Å². The van der Waals surface area contributed by atoms with Crippen LogP contribution >= 0.6 is 34.4 Å². The quantitative estimate of drug-likeness (QED) is 0.631. The first-order chi connectivity index (χ1) is 11.6. The molecule has 0 saturated carbocycles. The fraction of sp³-hybridized carbons (Fsp3) is 0.222. The molecule has 1 aromatic carbocycles. The number of nitrogens with one attached hydrogen (secondary N) is 1. The zero-order valence-electron chi connectivity index (χ0n) is 13.5. The fourth-order valence-electron chi connectivity index (χ4n) is 2.21. The lowest BCUT2D eigenvalue weighted by Gasteiger charge is -2.09. The van der Waals surface area contributed by atoms with Gasteiger partial charge in [0.2, 0.25) is 5.91 Å². The number of rotatable bonds is 6. The van der Waals surface area contributed by atoms with E-state index in [9.17, 15) is 4.79 Å². The Morgan fingerprint density at radius 3 is 2.92 bits per heavy atom. The molecule has 0 aliphatic carbocycles. The molecule has 1 amide bonds. The lowest BCUT2D eigenvalue weighted by Crippen LogP contribution is -2.15. The van der Waals surface area contributed by atoms with Crippen molar-refractivity contribution in [3.8, 4) is 10.6 Å². The van der Waals surface area contributed by atoms with Crippen molar-refractivity contribution in [2.75, 3.05) is 11.1 Å². The first-order valence-electron chi connectivity index (χ1n) is 7.54. The lowest BCUT2D eigenvalue weighted by molar-refractivity contribution is -0.113. The second kappa shape index (κ2) is 7.96. The molecule has 6 heteroatoms. The molecular weight excluding hydrogens is 356 g/mol. The van der Waals surface area contributed by atoms with Gasteiger partial charge in [-0.25, -0.2) is 4.98 Å². The average molecular weight is 375 g/mol. The number of thioether (sulfide) groups is 1. The van der Waals surface area contributed by atoms with Crippen LogP contribution in [-0.2, 0) is 10.5 Å². The van der Waals surface area contributed by atoms with Gasteiger partial charge >= 0.3 is 0 Å². The third-order valence-electron chi connectivity index (χ3n) is 3.68. The molecule has 0 aliphatic heterocycles. The van der Waals surface area contributed by atoms with E-state index in [0.717, 1.165) is 27.7 Å². The van der Waals surface area contributed by atoms with Crippen LogP contribution in [0.2, 0.25) is 0 Å². The smallest absolute Gasteiger partial charge is 0.234 e. The molecular formula is C18H18N2OS3. The van der Waals surface area contributed by atoms with E-state index in [1.165, 1.54) is 11.1 Å². The molecule has 3 aromatic rings. The van der Waals surface area contributed by atoms with Gasteiger partial charge in [-0.1, -0.05) is 12.1 Å². The zero-order chi connectivity index (χ0) is 16.9. The highest BCUT2D eigenvalue weighted by atomic mass is 32.2. The van der Waals surface area contributed by atoms with Gasteiger partial charge in [0, 0.05) is 27.8 Å². The monoisotopic (exact) mass is 374 g/mol. The van der Waals surface area contributed by atoms with Crippen LogP contribution in [0.5, 0.6) is 0 Å². The maximum absolute atomic E-state index is 12.1. The SMILES string of the molecule is Cc1cccc(NC(=O)CSCc2csc(-c3ccsc3)n2)c1C. The van der Waals surface area contributed by atoms with Gasteiger partial charge < -0.3 is 5.32 Å². The fourth-order valence-corrected chi connectivity index (χ4v) is 4.57. The molecule has 0 saturated heterocycles. The molecule has 3 rings (SSSR count). The second-order valence-corrected chi connectivity index (χ2v) is 8.07. The number of carbonyl (C=O) groups excluding carboxylic acids is 1. The van der Waals surface area contributed by atoms with Crippen LogP contribution in [0, 0.1) is 13.8 Å². The van der Waals surface area contributed by atoms with Crippen molar-refractivity contribution in [3.05, 3.63) is 57.2 Å². The number of anilines is 1. The number of amides is 1. The van der Waals surface area contributed by atoms with Crippen LogP contribution in [-0.4, -0.2) is 16.6 Å². The molecule has 0 atom stereocenters. The third kappa shape index (κ3) is 4.26. The van der Waals surface area contributed by atoms with Crippen molar-refractivity contribution < 1.29 is 4.79 Å². The van der Waals surface area contributed by atoms with Gasteiger partial charge in [0.15, 0.2) is 0 Å². The minimum absolute atomic E-state index is 0.0296. The van der Waals surface area contributed by atoms with E-state index in [1.54, 1.807) is 34.4 Å². The number of carbonyl (C=O) groups is 1. The average Bonchev–Trinajstić information content (AvgIpc) is 3.23. The summed E-state index contributed by atoms with van der Waals surface area (Å²) in [5.74, 6) is 1.21. The van der Waals surface area contributed by atoms with Gasteiger partial charge in [-0.2, -0.15) is 11.3 Å². The van der Waals surface area contributed by atoms with E-state index in [1.807, 2.05) is 32.0 Å². The molecule has 0 aliphatic rings. The Balaban J connectivity index is 1.49. The summed E-state index contributed by atoms with van der Waals surface area (Å²) in [4.78, 5) is 16.7. The normalized spacial score (nSPS) is 10.8. The Morgan fingerprint density at radius 1 is 1.25 bits per heavy atom. The van der Waals surface area contributed by atoms with Crippen molar-refractivity contribution >= 4 is 46.0 Å². The minimum atomic E-state index is 0.0296. The highest BCUT2D eigenvalue weighted by molar-refractivity contribution is 7.99. The number of aryl methyl sites for hydroxylation is 1. The minimum Gasteiger partial charge on any atom is -0.325 e. The van der Waals surface area contributed by atoms with E-state index in [-0.39, 0.29) is 5.91 Å². The summed E-state index contributed by atoms with van der Waals surface area (Å²) in [6, 6.07) is 8.04. The summed E-state index contributed by atoms with van der Waals surface area (Å²) < 4.78 is 0. The number of hydrogen-bond donors (Lipinski definition) is 1. The molecule has 3 nitrogen and oxygen atoms in total. The first-order valence-corrected chi connectivity index (χ1v) is 10.5. The van der Waals surface area contributed by atoms with Crippen molar-refractivity contribution in [3.63, 3.8) is 0 Å². The Bertz CT molecular complexity index is 825. The van der Waals surface area contributed by atoms with E-state index in [4.69, 9.17) is 0 Å². The molecule has 2 heterocycles. The summed E-state index contributed by atoms with van der Waals surface area (Å²) in [6.45, 7) is 4.08. The van der Waals surface area contributed by atoms with E-state index < -0.39 is 0 Å². The Labute approximate surface area is 154 Å². The highest BCUT2D eigenvalue weighted by Gasteiger charge is 2.08. The molecule has 0 bridgehead atoms. The van der Waals surface area contributed by atoms with Crippen LogP contribution in [0.15, 0.2) is 40.4 Å². The molecule has 0 fully saturated rings. The topological polar surface area (TPSA) is 42.0 Å². The van der Waals surface area contributed by atoms with Gasteiger partial charge in [-0.3, -0.25) is 4.79 Å². The molecule has 1 N–H and O–H groups in total. The number of thiazole rings is 1. The van der Waals surface area contributed by atoms with Crippen molar-refractivity contribution in [2.24, 2.45) is 0 Å². The van der Waals surface area contributed by atoms with Crippen LogP contribution in [0.25, 0.3) is 10.6 Å². The Morgan fingerprint density at radius 2 is 2.12 bits per heavy atom. The number of nitrogens with zero attached hydrogens (tertiary/aromatic N) is 1. The van der Waals surface area contributed by atoms with Gasteiger partial charge in [-0.15, -0.1) is 23.1 Å². The van der Waals surface area contributed by atoms with Gasteiger partial charge in [0.05, 0.1) is 11.4 Å². The lowest BCUT2D eigenvalue weighted by atomic mass is 10.1. The van der Waals surface area contributed by atoms with Crippen molar-refractivity contribution in [2.45, 2.75) is 19.6 Å². The van der Waals surface area contributed by atoms with E-state index in [0.29, 0.717) is 5.75 Å². The van der Waals surface area contributed by atoms with Crippen molar-refractivity contribution in [1.82, 2.24) is 4.98 Å². The summed E-state index contributed by atoms with van der Waals surface area (Å²) in [5, 5.41) is 10.3. The number of thiophene rings is 1. The first kappa shape index (κ1) is 17.2. The van der Waals surface area contributed by atoms with Crippen LogP contribution in [0.3, 0.4) is 0 Å². The molecule has 0 spiro atoms. The van der Waals surface area contributed by atoms with Crippen molar-refractivity contribution in [1.29, 1.82) is 0 Å². The van der Waals surface area contributed by atoms with Crippen LogP contribution < -0.4 is 5.32 Å². The largest absolute Gasteiger partial charge is 0.325 e. The summed E-state index contributed by atoms with van der Waals surface area (Å²) in [6.07, 6.45) is 0. The highest BCUT2D eigenvalue weighted by Crippen LogP contribution is 2.27. The number of hydrogen-bond acceptors (Lipinski definition) is 5. The maximum Gasteiger partial charge on any atom is 0.234 e. The third-order valence-corrected chi connectivity index (χ3v) is 6.27.